The van der Waals surface area contributed by atoms with Crippen molar-refractivity contribution in [3.05, 3.63) is 79.9 Å². The average Bonchev–Trinajstić information content (AvgIpc) is 2.72. The van der Waals surface area contributed by atoms with E-state index in [1.54, 1.807) is 12.1 Å². The number of anilines is 1. The smallest absolute Gasteiger partial charge is 0.293 e. The Morgan fingerprint density at radius 1 is 0.929 bits per heavy atom. The van der Waals surface area contributed by atoms with Gasteiger partial charge in [0, 0.05) is 36.9 Å². The predicted octanol–water partition coefficient (Wildman–Crippen LogP) is 4.39. The van der Waals surface area contributed by atoms with Gasteiger partial charge in [-0.1, -0.05) is 12.1 Å². The van der Waals surface area contributed by atoms with Gasteiger partial charge < -0.3 is 4.90 Å². The van der Waals surface area contributed by atoms with Crippen molar-refractivity contribution in [2.24, 2.45) is 0 Å². The van der Waals surface area contributed by atoms with Crippen LogP contribution in [-0.2, 0) is 0 Å². The van der Waals surface area contributed by atoms with Crippen LogP contribution in [0.15, 0.2) is 48.5 Å². The molecule has 2 aromatic rings. The van der Waals surface area contributed by atoms with Crippen molar-refractivity contribution in [3.8, 4) is 0 Å². The van der Waals surface area contributed by atoms with Crippen LogP contribution in [-0.4, -0.2) is 28.7 Å². The summed E-state index contributed by atoms with van der Waals surface area (Å²) in [5.74, 6) is -0.336. The number of carbonyl (C=O) groups is 1. The van der Waals surface area contributed by atoms with Gasteiger partial charge in [0.05, 0.1) is 9.85 Å². The molecule has 0 unspecified atom stereocenters. The molecule has 2 aromatic carbocycles. The fourth-order valence-electron chi connectivity index (χ4n) is 3.21. The van der Waals surface area contributed by atoms with Gasteiger partial charge in [0.2, 0.25) is 0 Å². The number of carbonyl (C=O) groups excluding carboxylic acids is 1. The first-order valence-electron chi connectivity index (χ1n) is 8.96. The largest absolute Gasteiger partial charge is 0.366 e. The van der Waals surface area contributed by atoms with E-state index in [1.807, 2.05) is 4.90 Å². The number of non-ortho nitro benzene ring substituents is 1. The SMILES string of the molecule is O=C(C=Cc1ccc(N2CCCCC2)c([N+](=O)[O-])c1)c1ccc([N+](=O)[O-])cc1. The highest BCUT2D eigenvalue weighted by molar-refractivity contribution is 6.07. The Balaban J connectivity index is 1.79. The highest BCUT2D eigenvalue weighted by Crippen LogP contribution is 2.31. The molecule has 144 valence electrons. The predicted molar refractivity (Wildman–Crippen MR) is 106 cm³/mol. The summed E-state index contributed by atoms with van der Waals surface area (Å²) in [7, 11) is 0. The average molecular weight is 381 g/mol. The maximum Gasteiger partial charge on any atom is 0.293 e. The summed E-state index contributed by atoms with van der Waals surface area (Å²) in [6, 6.07) is 10.2. The Morgan fingerprint density at radius 2 is 1.61 bits per heavy atom. The fourth-order valence-corrected chi connectivity index (χ4v) is 3.21. The molecule has 0 amide bonds. The summed E-state index contributed by atoms with van der Waals surface area (Å²) in [5.41, 5.74) is 1.38. The van der Waals surface area contributed by atoms with Crippen molar-refractivity contribution in [2.45, 2.75) is 19.3 Å². The molecule has 1 fully saturated rings. The molecule has 1 saturated heterocycles. The summed E-state index contributed by atoms with van der Waals surface area (Å²) >= 11 is 0. The highest BCUT2D eigenvalue weighted by atomic mass is 16.6. The van der Waals surface area contributed by atoms with E-state index >= 15 is 0 Å². The second kappa shape index (κ2) is 8.43. The quantitative estimate of drug-likeness (QED) is 0.318. The highest BCUT2D eigenvalue weighted by Gasteiger charge is 2.21. The molecule has 0 saturated carbocycles. The van der Waals surface area contributed by atoms with E-state index < -0.39 is 9.85 Å². The number of piperidine rings is 1. The number of nitro benzene ring substituents is 2. The Kier molecular flexibility index (Phi) is 5.78. The first-order valence-corrected chi connectivity index (χ1v) is 8.96. The molecule has 3 rings (SSSR count). The van der Waals surface area contributed by atoms with Crippen LogP contribution in [0.1, 0.15) is 35.2 Å². The Hall–Kier alpha value is -3.55. The Bertz CT molecular complexity index is 931. The van der Waals surface area contributed by atoms with Crippen LogP contribution < -0.4 is 4.90 Å². The minimum absolute atomic E-state index is 0.0202. The molecule has 0 spiro atoms. The number of allylic oxidation sites excluding steroid dienone is 1. The van der Waals surface area contributed by atoms with E-state index in [0.29, 0.717) is 16.8 Å². The lowest BCUT2D eigenvalue weighted by molar-refractivity contribution is -0.384. The molecule has 8 nitrogen and oxygen atoms in total. The molecule has 0 radical (unpaired) electrons. The van der Waals surface area contributed by atoms with Crippen LogP contribution in [0.25, 0.3) is 6.08 Å². The number of benzene rings is 2. The third-order valence-corrected chi connectivity index (χ3v) is 4.68. The lowest BCUT2D eigenvalue weighted by atomic mass is 10.1. The molecular weight excluding hydrogens is 362 g/mol. The summed E-state index contributed by atoms with van der Waals surface area (Å²) in [4.78, 5) is 35.5. The maximum atomic E-state index is 12.2. The van der Waals surface area contributed by atoms with Gasteiger partial charge >= 0.3 is 0 Å². The van der Waals surface area contributed by atoms with Gasteiger partial charge in [-0.2, -0.15) is 0 Å². The van der Waals surface area contributed by atoms with Crippen molar-refractivity contribution in [1.82, 2.24) is 0 Å². The van der Waals surface area contributed by atoms with Crippen LogP contribution >= 0.6 is 0 Å². The van der Waals surface area contributed by atoms with Gasteiger partial charge in [-0.15, -0.1) is 0 Å². The second-order valence-electron chi connectivity index (χ2n) is 6.55. The number of rotatable bonds is 6. The first kappa shape index (κ1) is 19.2. The number of nitro groups is 2. The number of nitrogens with zero attached hydrogens (tertiary/aromatic N) is 3. The standard InChI is InChI=1S/C20H19N3O5/c24-20(16-6-8-17(9-7-16)22(25)26)11-5-15-4-10-18(19(14-15)23(27)28)21-12-2-1-3-13-21/h4-11,14H,1-3,12-13H2. The van der Waals surface area contributed by atoms with Gasteiger partial charge in [-0.25, -0.2) is 0 Å². The van der Waals surface area contributed by atoms with E-state index in [-0.39, 0.29) is 17.2 Å². The zero-order chi connectivity index (χ0) is 20.1. The van der Waals surface area contributed by atoms with Crippen molar-refractivity contribution >= 4 is 28.9 Å². The van der Waals surface area contributed by atoms with Gasteiger partial charge in [-0.3, -0.25) is 25.0 Å². The lowest BCUT2D eigenvalue weighted by Gasteiger charge is -2.28. The molecule has 1 aliphatic rings. The van der Waals surface area contributed by atoms with E-state index in [1.165, 1.54) is 42.5 Å². The van der Waals surface area contributed by atoms with Crippen LogP contribution in [0, 0.1) is 20.2 Å². The van der Waals surface area contributed by atoms with Gasteiger partial charge in [0.1, 0.15) is 5.69 Å². The lowest BCUT2D eigenvalue weighted by Crippen LogP contribution is -2.29. The van der Waals surface area contributed by atoms with E-state index in [2.05, 4.69) is 0 Å². The molecule has 0 atom stereocenters. The van der Waals surface area contributed by atoms with Crippen LogP contribution in [0.2, 0.25) is 0 Å². The zero-order valence-corrected chi connectivity index (χ0v) is 15.1. The minimum atomic E-state index is -0.535. The third-order valence-electron chi connectivity index (χ3n) is 4.68. The molecule has 0 aromatic heterocycles. The third kappa shape index (κ3) is 4.40. The molecular formula is C20H19N3O5. The van der Waals surface area contributed by atoms with E-state index in [4.69, 9.17) is 0 Å². The van der Waals surface area contributed by atoms with Crippen LogP contribution in [0.4, 0.5) is 17.1 Å². The van der Waals surface area contributed by atoms with E-state index in [9.17, 15) is 25.0 Å². The number of hydrogen-bond acceptors (Lipinski definition) is 6. The minimum Gasteiger partial charge on any atom is -0.366 e. The summed E-state index contributed by atoms with van der Waals surface area (Å²) in [5, 5.41) is 22.2. The van der Waals surface area contributed by atoms with Crippen molar-refractivity contribution in [1.29, 1.82) is 0 Å². The summed E-state index contributed by atoms with van der Waals surface area (Å²) in [6.45, 7) is 1.60. The fraction of sp³-hybridized carbons (Fsp3) is 0.250. The Morgan fingerprint density at radius 3 is 2.21 bits per heavy atom. The van der Waals surface area contributed by atoms with Crippen molar-refractivity contribution in [2.75, 3.05) is 18.0 Å². The topological polar surface area (TPSA) is 107 Å². The summed E-state index contributed by atoms with van der Waals surface area (Å²) < 4.78 is 0. The normalized spacial score (nSPS) is 14.2. The number of hydrogen-bond donors (Lipinski definition) is 0. The van der Waals surface area contributed by atoms with Gasteiger partial charge in [0.15, 0.2) is 5.78 Å². The zero-order valence-electron chi connectivity index (χ0n) is 15.1. The molecule has 28 heavy (non-hydrogen) atoms. The molecule has 8 heteroatoms. The van der Waals surface area contributed by atoms with Crippen LogP contribution in [0.5, 0.6) is 0 Å². The first-order chi connectivity index (χ1) is 13.5. The maximum absolute atomic E-state index is 12.2. The van der Waals surface area contributed by atoms with E-state index in [0.717, 1.165) is 32.4 Å². The molecule has 0 N–H and O–H groups in total. The molecule has 1 aliphatic heterocycles. The second-order valence-corrected chi connectivity index (χ2v) is 6.55. The van der Waals surface area contributed by atoms with Crippen molar-refractivity contribution in [3.63, 3.8) is 0 Å². The van der Waals surface area contributed by atoms with Crippen molar-refractivity contribution < 1.29 is 14.6 Å². The molecule has 1 heterocycles. The van der Waals surface area contributed by atoms with Gasteiger partial charge in [0.25, 0.3) is 11.4 Å². The Labute approximate surface area is 161 Å². The van der Waals surface area contributed by atoms with Gasteiger partial charge in [-0.05, 0) is 49.1 Å². The van der Waals surface area contributed by atoms with Crippen LogP contribution in [0.3, 0.4) is 0 Å². The molecule has 0 bridgehead atoms. The number of ketones is 1. The summed E-state index contributed by atoms with van der Waals surface area (Å²) in [6.07, 6.45) is 5.98. The monoisotopic (exact) mass is 381 g/mol. The molecule has 0 aliphatic carbocycles.